The first-order valence-corrected chi connectivity index (χ1v) is 7.89. The summed E-state index contributed by atoms with van der Waals surface area (Å²) in [7, 11) is 1.46. The lowest BCUT2D eigenvalue weighted by Gasteiger charge is -2.24. The van der Waals surface area contributed by atoms with Crippen LogP contribution in [0.3, 0.4) is 0 Å². The van der Waals surface area contributed by atoms with Crippen molar-refractivity contribution in [3.05, 3.63) is 57.3 Å². The van der Waals surface area contributed by atoms with Crippen LogP contribution in [0.4, 0.5) is 5.69 Å². The fourth-order valence-corrected chi connectivity index (χ4v) is 2.68. The minimum Gasteiger partial charge on any atom is -0.457 e. The van der Waals surface area contributed by atoms with Gasteiger partial charge in [-0.05, 0) is 49.0 Å². The van der Waals surface area contributed by atoms with Crippen LogP contribution < -0.4 is 5.32 Å². The van der Waals surface area contributed by atoms with Gasteiger partial charge in [-0.1, -0.05) is 0 Å². The summed E-state index contributed by atoms with van der Waals surface area (Å²) in [5, 5.41) is 13.3. The molecule has 0 unspecified atom stereocenters. The van der Waals surface area contributed by atoms with Gasteiger partial charge in [-0.25, -0.2) is 0 Å². The predicted octanol–water partition coefficient (Wildman–Crippen LogP) is 2.42. The summed E-state index contributed by atoms with van der Waals surface area (Å²) >= 11 is 4.89. The van der Waals surface area contributed by atoms with E-state index in [4.69, 9.17) is 16.6 Å². The number of nitro groups is 1. The monoisotopic (exact) mass is 371 g/mol. The van der Waals surface area contributed by atoms with Crippen LogP contribution in [0.5, 0.6) is 0 Å². The van der Waals surface area contributed by atoms with Gasteiger partial charge < -0.3 is 4.42 Å². The summed E-state index contributed by atoms with van der Waals surface area (Å²) < 4.78 is 5.68. The molecule has 1 saturated heterocycles. The van der Waals surface area contributed by atoms with Gasteiger partial charge in [0.05, 0.1) is 4.92 Å². The topological polar surface area (TPSA) is 106 Å². The number of nitro benzene ring substituents is 1. The van der Waals surface area contributed by atoms with E-state index in [-0.39, 0.29) is 16.4 Å². The van der Waals surface area contributed by atoms with E-state index in [9.17, 15) is 19.7 Å². The molecule has 0 atom stereocenters. The molecule has 2 heterocycles. The number of rotatable bonds is 3. The summed E-state index contributed by atoms with van der Waals surface area (Å²) in [5.41, 5.74) is 1.24. The number of non-ortho nitro benzene ring substituents is 1. The maximum absolute atomic E-state index is 12.2. The molecule has 2 aromatic rings. The lowest BCUT2D eigenvalue weighted by atomic mass is 10.1. The SMILES string of the molecule is Cc1cc([N+](=O)[O-])ccc1-c1ccc(C=C2C(=O)NC(=S)N(C)C2=O)o1. The van der Waals surface area contributed by atoms with Gasteiger partial charge in [0.2, 0.25) is 0 Å². The molecule has 9 heteroatoms. The predicted molar refractivity (Wildman–Crippen MR) is 97.0 cm³/mol. The Kier molecular flexibility index (Phi) is 4.39. The number of carbonyl (C=O) groups excluding carboxylic acids is 2. The molecule has 1 fully saturated rings. The third kappa shape index (κ3) is 3.11. The smallest absolute Gasteiger partial charge is 0.269 e. The van der Waals surface area contributed by atoms with Gasteiger partial charge in [-0.3, -0.25) is 29.9 Å². The van der Waals surface area contributed by atoms with Crippen molar-refractivity contribution in [1.82, 2.24) is 10.2 Å². The Morgan fingerprint density at radius 1 is 1.27 bits per heavy atom. The van der Waals surface area contributed by atoms with E-state index in [1.807, 2.05) is 0 Å². The highest BCUT2D eigenvalue weighted by Crippen LogP contribution is 2.29. The van der Waals surface area contributed by atoms with Gasteiger partial charge in [-0.2, -0.15) is 0 Å². The summed E-state index contributed by atoms with van der Waals surface area (Å²) in [5.74, 6) is -0.347. The average molecular weight is 371 g/mol. The zero-order valence-electron chi connectivity index (χ0n) is 13.8. The number of furan rings is 1. The summed E-state index contributed by atoms with van der Waals surface area (Å²) in [4.78, 5) is 35.7. The minimum atomic E-state index is -0.595. The fourth-order valence-electron chi connectivity index (χ4n) is 2.50. The van der Waals surface area contributed by atoms with Crippen molar-refractivity contribution in [2.75, 3.05) is 7.05 Å². The summed E-state index contributed by atoms with van der Waals surface area (Å²) in [6.45, 7) is 1.73. The molecule has 132 valence electrons. The number of hydrogen-bond acceptors (Lipinski definition) is 6. The number of benzene rings is 1. The van der Waals surface area contributed by atoms with Crippen molar-refractivity contribution in [2.24, 2.45) is 0 Å². The number of carbonyl (C=O) groups is 2. The Labute approximate surface area is 153 Å². The van der Waals surface area contributed by atoms with Crippen molar-refractivity contribution < 1.29 is 18.9 Å². The van der Waals surface area contributed by atoms with E-state index in [1.165, 1.54) is 25.3 Å². The van der Waals surface area contributed by atoms with Crippen molar-refractivity contribution in [3.63, 3.8) is 0 Å². The van der Waals surface area contributed by atoms with Crippen LogP contribution in [0.2, 0.25) is 0 Å². The molecule has 1 aliphatic rings. The molecule has 8 nitrogen and oxygen atoms in total. The minimum absolute atomic E-state index is 0.0105. The third-order valence-electron chi connectivity index (χ3n) is 3.90. The van der Waals surface area contributed by atoms with Crippen LogP contribution in [0.15, 0.2) is 40.3 Å². The highest BCUT2D eigenvalue weighted by molar-refractivity contribution is 7.80. The van der Waals surface area contributed by atoms with Gasteiger partial charge in [0, 0.05) is 24.7 Å². The molecule has 1 N–H and O–H groups in total. The quantitative estimate of drug-likeness (QED) is 0.292. The van der Waals surface area contributed by atoms with Gasteiger partial charge in [-0.15, -0.1) is 0 Å². The molecule has 1 aromatic carbocycles. The van der Waals surface area contributed by atoms with E-state index in [1.54, 1.807) is 25.1 Å². The zero-order chi connectivity index (χ0) is 19.0. The number of nitrogens with zero attached hydrogens (tertiary/aromatic N) is 2. The Morgan fingerprint density at radius 2 is 2.00 bits per heavy atom. The van der Waals surface area contributed by atoms with Gasteiger partial charge >= 0.3 is 0 Å². The van der Waals surface area contributed by atoms with Gasteiger partial charge in [0.1, 0.15) is 17.1 Å². The van der Waals surface area contributed by atoms with Crippen LogP contribution in [-0.4, -0.2) is 33.8 Å². The molecule has 0 saturated carbocycles. The van der Waals surface area contributed by atoms with E-state index in [0.29, 0.717) is 22.6 Å². The second kappa shape index (κ2) is 6.52. The first kappa shape index (κ1) is 17.5. The van der Waals surface area contributed by atoms with Crippen LogP contribution in [0.1, 0.15) is 11.3 Å². The molecular weight excluding hydrogens is 358 g/mol. The number of thiocarbonyl (C=S) groups is 1. The van der Waals surface area contributed by atoms with Crippen molar-refractivity contribution in [3.8, 4) is 11.3 Å². The highest BCUT2D eigenvalue weighted by atomic mass is 32.1. The molecule has 1 aliphatic heterocycles. The first-order valence-electron chi connectivity index (χ1n) is 7.48. The van der Waals surface area contributed by atoms with Gasteiger partial charge in [0.15, 0.2) is 5.11 Å². The Balaban J connectivity index is 1.93. The van der Waals surface area contributed by atoms with Crippen LogP contribution >= 0.6 is 12.2 Å². The molecule has 3 rings (SSSR count). The normalized spacial score (nSPS) is 16.2. The summed E-state index contributed by atoms with van der Waals surface area (Å²) in [6.07, 6.45) is 1.33. The molecule has 0 spiro atoms. The van der Waals surface area contributed by atoms with Crippen molar-refractivity contribution in [1.29, 1.82) is 0 Å². The lowest BCUT2D eigenvalue weighted by Crippen LogP contribution is -2.52. The van der Waals surface area contributed by atoms with Crippen molar-refractivity contribution >= 4 is 40.9 Å². The largest absolute Gasteiger partial charge is 0.457 e. The molecule has 26 heavy (non-hydrogen) atoms. The van der Waals surface area contributed by atoms with Crippen LogP contribution in [0.25, 0.3) is 17.4 Å². The number of aryl methyl sites for hydroxylation is 1. The zero-order valence-corrected chi connectivity index (χ0v) is 14.6. The number of likely N-dealkylation sites (N-methyl/N-ethyl adjacent to an activating group) is 1. The molecule has 0 radical (unpaired) electrons. The van der Waals surface area contributed by atoms with Gasteiger partial charge in [0.25, 0.3) is 17.5 Å². The fraction of sp³-hybridized carbons (Fsp3) is 0.118. The van der Waals surface area contributed by atoms with E-state index in [0.717, 1.165) is 4.90 Å². The van der Waals surface area contributed by atoms with E-state index in [2.05, 4.69) is 5.32 Å². The average Bonchev–Trinajstić information content (AvgIpc) is 3.05. The third-order valence-corrected chi connectivity index (χ3v) is 4.28. The number of nitrogens with one attached hydrogen (secondary N) is 1. The van der Waals surface area contributed by atoms with E-state index < -0.39 is 16.7 Å². The second-order valence-corrected chi connectivity index (χ2v) is 6.03. The Hall–Kier alpha value is -3.33. The van der Waals surface area contributed by atoms with Crippen LogP contribution in [-0.2, 0) is 9.59 Å². The Morgan fingerprint density at radius 3 is 2.65 bits per heavy atom. The number of hydrogen-bond donors (Lipinski definition) is 1. The standard InChI is InChI=1S/C17H13N3O5S/c1-9-7-10(20(23)24)3-5-12(9)14-6-4-11(25-14)8-13-15(21)18-17(26)19(2)16(13)22/h3-8H,1-2H3,(H,18,21,26). The first-order chi connectivity index (χ1) is 12.3. The maximum Gasteiger partial charge on any atom is 0.269 e. The number of amides is 2. The highest BCUT2D eigenvalue weighted by Gasteiger charge is 2.31. The maximum atomic E-state index is 12.2. The molecule has 0 bridgehead atoms. The molecule has 1 aromatic heterocycles. The lowest BCUT2D eigenvalue weighted by molar-refractivity contribution is -0.384. The summed E-state index contributed by atoms with van der Waals surface area (Å²) in [6, 6.07) is 7.70. The van der Waals surface area contributed by atoms with E-state index >= 15 is 0 Å². The van der Waals surface area contributed by atoms with Crippen molar-refractivity contribution in [2.45, 2.75) is 6.92 Å². The molecular formula is C17H13N3O5S. The Bertz CT molecular complexity index is 992. The molecule has 0 aliphatic carbocycles. The second-order valence-electron chi connectivity index (χ2n) is 5.64. The molecule has 2 amide bonds. The van der Waals surface area contributed by atoms with Crippen LogP contribution in [0, 0.1) is 17.0 Å².